The van der Waals surface area contributed by atoms with Gasteiger partial charge in [-0.25, -0.2) is 8.78 Å². The first-order chi connectivity index (χ1) is 12.0. The summed E-state index contributed by atoms with van der Waals surface area (Å²) in [6.07, 6.45) is 3.56. The minimum absolute atomic E-state index is 0.0510. The zero-order valence-corrected chi connectivity index (χ0v) is 14.1. The molecule has 5 nitrogen and oxygen atoms in total. The van der Waals surface area contributed by atoms with Crippen molar-refractivity contribution in [1.29, 1.82) is 0 Å². The Bertz CT molecular complexity index is 741. The molecule has 0 spiro atoms. The van der Waals surface area contributed by atoms with E-state index in [1.165, 1.54) is 12.3 Å². The van der Waals surface area contributed by atoms with E-state index in [-0.39, 0.29) is 34.7 Å². The highest BCUT2D eigenvalue weighted by molar-refractivity contribution is 5.99. The van der Waals surface area contributed by atoms with E-state index in [9.17, 15) is 18.7 Å². The van der Waals surface area contributed by atoms with Crippen molar-refractivity contribution in [3.05, 3.63) is 41.6 Å². The van der Waals surface area contributed by atoms with Gasteiger partial charge in [-0.3, -0.25) is 9.89 Å². The summed E-state index contributed by atoms with van der Waals surface area (Å²) in [5, 5.41) is 16.0. The Kier molecular flexibility index (Phi) is 4.85. The zero-order valence-electron chi connectivity index (χ0n) is 14.1. The number of aliphatic hydroxyl groups is 1. The van der Waals surface area contributed by atoms with Crippen LogP contribution in [0.1, 0.15) is 36.5 Å². The van der Waals surface area contributed by atoms with Crippen molar-refractivity contribution in [3.63, 3.8) is 0 Å². The van der Waals surface area contributed by atoms with Gasteiger partial charge in [-0.15, -0.1) is 0 Å². The summed E-state index contributed by atoms with van der Waals surface area (Å²) >= 11 is 0. The van der Waals surface area contributed by atoms with Crippen LogP contribution in [0.4, 0.5) is 8.78 Å². The predicted octanol–water partition coefficient (Wildman–Crippen LogP) is 2.98. The van der Waals surface area contributed by atoms with Crippen LogP contribution in [0, 0.1) is 17.0 Å². The molecule has 1 aliphatic heterocycles. The first-order valence-electron chi connectivity index (χ1n) is 8.39. The lowest BCUT2D eigenvalue weighted by molar-refractivity contribution is 0.0338. The molecule has 3 rings (SSSR count). The number of aromatic amines is 1. The van der Waals surface area contributed by atoms with Gasteiger partial charge in [0.2, 0.25) is 0 Å². The van der Waals surface area contributed by atoms with E-state index in [0.29, 0.717) is 25.9 Å². The first-order valence-corrected chi connectivity index (χ1v) is 8.39. The molecule has 25 heavy (non-hydrogen) atoms. The quantitative estimate of drug-likeness (QED) is 0.892. The van der Waals surface area contributed by atoms with Crippen molar-refractivity contribution in [1.82, 2.24) is 15.1 Å². The highest BCUT2D eigenvalue weighted by atomic mass is 19.1. The molecule has 2 N–H and O–H groups in total. The van der Waals surface area contributed by atoms with E-state index < -0.39 is 11.6 Å². The van der Waals surface area contributed by atoms with Gasteiger partial charge >= 0.3 is 0 Å². The third-order valence-electron chi connectivity index (χ3n) is 5.28. The third kappa shape index (κ3) is 3.16. The van der Waals surface area contributed by atoms with E-state index in [4.69, 9.17) is 0 Å². The zero-order chi connectivity index (χ0) is 18.0. The second kappa shape index (κ2) is 6.92. The summed E-state index contributed by atoms with van der Waals surface area (Å²) in [5.74, 6) is -1.81. The molecule has 1 amide bonds. The number of piperidine rings is 1. The number of hydrogen-bond donors (Lipinski definition) is 2. The van der Waals surface area contributed by atoms with Gasteiger partial charge in [-0.05, 0) is 36.8 Å². The van der Waals surface area contributed by atoms with E-state index in [1.807, 2.05) is 6.92 Å². The van der Waals surface area contributed by atoms with Crippen molar-refractivity contribution >= 4 is 5.91 Å². The van der Waals surface area contributed by atoms with E-state index >= 15 is 0 Å². The van der Waals surface area contributed by atoms with Crippen molar-refractivity contribution < 1.29 is 18.7 Å². The summed E-state index contributed by atoms with van der Waals surface area (Å²) in [6, 6.07) is 3.56. The maximum Gasteiger partial charge on any atom is 0.257 e. The summed E-state index contributed by atoms with van der Waals surface area (Å²) in [4.78, 5) is 14.5. The molecule has 0 radical (unpaired) electrons. The van der Waals surface area contributed by atoms with Crippen LogP contribution in [0.5, 0.6) is 0 Å². The minimum atomic E-state index is -0.748. The summed E-state index contributed by atoms with van der Waals surface area (Å²) in [6.45, 7) is 3.13. The fraction of sp³-hybridized carbons (Fsp3) is 0.444. The topological polar surface area (TPSA) is 69.2 Å². The van der Waals surface area contributed by atoms with Gasteiger partial charge in [0.1, 0.15) is 11.6 Å². The number of likely N-dealkylation sites (tertiary alicyclic amines) is 1. The molecule has 7 heteroatoms. The largest absolute Gasteiger partial charge is 0.396 e. The van der Waals surface area contributed by atoms with Gasteiger partial charge in [-0.1, -0.05) is 13.0 Å². The van der Waals surface area contributed by atoms with Crippen LogP contribution in [-0.2, 0) is 0 Å². The molecule has 2 aromatic rings. The smallest absolute Gasteiger partial charge is 0.257 e. The van der Waals surface area contributed by atoms with Crippen molar-refractivity contribution in [3.8, 4) is 11.3 Å². The van der Waals surface area contributed by atoms with Crippen LogP contribution in [0.3, 0.4) is 0 Å². The molecule has 134 valence electrons. The molecule has 1 aromatic carbocycles. The van der Waals surface area contributed by atoms with E-state index in [0.717, 1.165) is 18.6 Å². The Morgan fingerprint density at radius 2 is 1.96 bits per heavy atom. The summed E-state index contributed by atoms with van der Waals surface area (Å²) in [5.41, 5.74) is -0.223. The first kappa shape index (κ1) is 17.5. The Morgan fingerprint density at radius 3 is 2.52 bits per heavy atom. The number of halogens is 2. The molecule has 0 bridgehead atoms. The molecular formula is C18H21F2N3O2. The molecule has 2 heterocycles. The van der Waals surface area contributed by atoms with Crippen LogP contribution >= 0.6 is 0 Å². The number of H-pyrrole nitrogens is 1. The fourth-order valence-electron chi connectivity index (χ4n) is 3.35. The second-order valence-electron chi connectivity index (χ2n) is 6.56. The second-order valence-corrected chi connectivity index (χ2v) is 6.56. The Labute approximate surface area is 144 Å². The van der Waals surface area contributed by atoms with Crippen LogP contribution < -0.4 is 0 Å². The third-order valence-corrected chi connectivity index (χ3v) is 5.28. The van der Waals surface area contributed by atoms with Gasteiger partial charge in [0, 0.05) is 19.7 Å². The lowest BCUT2D eigenvalue weighted by Gasteiger charge is -2.40. The van der Waals surface area contributed by atoms with E-state index in [2.05, 4.69) is 10.2 Å². The minimum Gasteiger partial charge on any atom is -0.396 e. The lowest BCUT2D eigenvalue weighted by Crippen LogP contribution is -2.44. The molecule has 0 atom stereocenters. The number of carbonyl (C=O) groups is 1. The number of amides is 1. The van der Waals surface area contributed by atoms with Crippen LogP contribution in [0.2, 0.25) is 0 Å². The molecule has 1 aromatic heterocycles. The predicted molar refractivity (Wildman–Crippen MR) is 88.9 cm³/mol. The maximum absolute atomic E-state index is 14.1. The maximum atomic E-state index is 14.1. The van der Waals surface area contributed by atoms with Crippen LogP contribution in [0.15, 0.2) is 24.4 Å². The number of hydrogen-bond acceptors (Lipinski definition) is 3. The normalized spacial score (nSPS) is 16.9. The highest BCUT2D eigenvalue weighted by Crippen LogP contribution is 2.35. The van der Waals surface area contributed by atoms with Crippen LogP contribution in [-0.4, -0.2) is 45.8 Å². The monoisotopic (exact) mass is 349 g/mol. The van der Waals surface area contributed by atoms with Gasteiger partial charge in [0.25, 0.3) is 5.91 Å². The number of aliphatic hydroxyl groups excluding tert-OH is 1. The van der Waals surface area contributed by atoms with Crippen molar-refractivity contribution in [2.75, 3.05) is 19.7 Å². The van der Waals surface area contributed by atoms with Crippen molar-refractivity contribution in [2.24, 2.45) is 5.41 Å². The van der Waals surface area contributed by atoms with Gasteiger partial charge < -0.3 is 10.0 Å². The molecule has 0 saturated carbocycles. The number of aromatic nitrogens is 2. The molecule has 0 aliphatic carbocycles. The molecular weight excluding hydrogens is 328 g/mol. The standard InChI is InChI=1S/C18H21F2N3O2/c1-2-18(11-24)6-8-23(9-7-18)17(25)12-10-21-22-16(12)15-13(19)4-3-5-14(15)20/h3-5,10,24H,2,6-9,11H2,1H3,(H,21,22). The Morgan fingerprint density at radius 1 is 1.32 bits per heavy atom. The lowest BCUT2D eigenvalue weighted by atomic mass is 9.77. The van der Waals surface area contributed by atoms with Crippen molar-refractivity contribution in [2.45, 2.75) is 26.2 Å². The molecule has 1 aliphatic rings. The molecule has 1 fully saturated rings. The highest BCUT2D eigenvalue weighted by Gasteiger charge is 2.35. The summed E-state index contributed by atoms with van der Waals surface area (Å²) in [7, 11) is 0. The number of benzene rings is 1. The molecule has 1 saturated heterocycles. The Hall–Kier alpha value is -2.28. The average molecular weight is 349 g/mol. The number of nitrogens with one attached hydrogen (secondary N) is 1. The van der Waals surface area contributed by atoms with Gasteiger partial charge in [-0.2, -0.15) is 5.10 Å². The number of carbonyl (C=O) groups excluding carboxylic acids is 1. The molecule has 0 unspecified atom stereocenters. The van der Waals surface area contributed by atoms with Gasteiger partial charge in [0.15, 0.2) is 0 Å². The van der Waals surface area contributed by atoms with Crippen LogP contribution in [0.25, 0.3) is 11.3 Å². The Balaban J connectivity index is 1.85. The summed E-state index contributed by atoms with van der Waals surface area (Å²) < 4.78 is 28.1. The average Bonchev–Trinajstić information content (AvgIpc) is 3.10. The van der Waals surface area contributed by atoms with Gasteiger partial charge in [0.05, 0.1) is 23.0 Å². The van der Waals surface area contributed by atoms with E-state index in [1.54, 1.807) is 4.90 Å². The number of nitrogens with zero attached hydrogens (tertiary/aromatic N) is 2. The fourth-order valence-corrected chi connectivity index (χ4v) is 3.35. The number of rotatable bonds is 4. The SMILES string of the molecule is CCC1(CO)CCN(C(=O)c2cn[nH]c2-c2c(F)cccc2F)CC1.